The van der Waals surface area contributed by atoms with Crippen LogP contribution >= 0.6 is 0 Å². The predicted molar refractivity (Wildman–Crippen MR) is 65.0 cm³/mol. The fourth-order valence-electron chi connectivity index (χ4n) is 1.84. The molecule has 1 aromatic rings. The van der Waals surface area contributed by atoms with Crippen molar-refractivity contribution >= 4 is 23.2 Å². The molecule has 0 aromatic carbocycles. The number of likely N-dealkylation sites (N-methyl/N-ethyl adjacent to an activating group) is 1. The summed E-state index contributed by atoms with van der Waals surface area (Å²) in [5.74, 6) is 0.185. The second-order valence-corrected chi connectivity index (χ2v) is 4.10. The quantitative estimate of drug-likeness (QED) is 0.586. The van der Waals surface area contributed by atoms with E-state index in [4.69, 9.17) is 5.73 Å². The number of carbonyl (C=O) groups is 1. The van der Waals surface area contributed by atoms with Crippen molar-refractivity contribution in [3.8, 4) is 0 Å². The Bertz CT molecular complexity index is 504. The van der Waals surface area contributed by atoms with Crippen molar-refractivity contribution in [1.29, 1.82) is 0 Å². The van der Waals surface area contributed by atoms with Crippen molar-refractivity contribution in [3.63, 3.8) is 0 Å². The van der Waals surface area contributed by atoms with Crippen molar-refractivity contribution in [1.82, 2.24) is 9.88 Å². The van der Waals surface area contributed by atoms with Gasteiger partial charge in [0.2, 0.25) is 11.7 Å². The van der Waals surface area contributed by atoms with Crippen LogP contribution in [0.3, 0.4) is 0 Å². The zero-order valence-corrected chi connectivity index (χ0v) is 9.79. The minimum atomic E-state index is -0.597. The number of likely N-dealkylation sites (tertiary alicyclic amines) is 1. The zero-order chi connectivity index (χ0) is 13.3. The first-order valence-corrected chi connectivity index (χ1v) is 5.41. The van der Waals surface area contributed by atoms with Crippen LogP contribution in [0.1, 0.15) is 6.42 Å². The Labute approximate surface area is 103 Å². The molecule has 2 rings (SSSR count). The minimum Gasteiger partial charge on any atom is -0.378 e. The van der Waals surface area contributed by atoms with E-state index in [1.54, 1.807) is 11.9 Å². The number of aromatic nitrogens is 1. The number of nitrogens with two attached hydrogens (primary N) is 1. The Kier molecular flexibility index (Phi) is 3.00. The Morgan fingerprint density at radius 2 is 2.33 bits per heavy atom. The minimum absolute atomic E-state index is 0.0197. The fourth-order valence-corrected chi connectivity index (χ4v) is 1.84. The number of carbonyl (C=O) groups excluding carboxylic acids is 1. The van der Waals surface area contributed by atoms with Gasteiger partial charge in [0.15, 0.2) is 0 Å². The zero-order valence-electron chi connectivity index (χ0n) is 9.79. The van der Waals surface area contributed by atoms with Gasteiger partial charge in [0.1, 0.15) is 11.9 Å². The van der Waals surface area contributed by atoms with Crippen LogP contribution in [0.4, 0.5) is 17.3 Å². The summed E-state index contributed by atoms with van der Waals surface area (Å²) < 4.78 is 0. The number of nitrogens with one attached hydrogen (secondary N) is 1. The molecule has 0 radical (unpaired) electrons. The van der Waals surface area contributed by atoms with E-state index in [1.807, 2.05) is 0 Å². The average molecular weight is 251 g/mol. The molecule has 96 valence electrons. The molecule has 8 heteroatoms. The molecule has 0 spiro atoms. The van der Waals surface area contributed by atoms with Crippen LogP contribution in [0.2, 0.25) is 0 Å². The number of anilines is 2. The third kappa shape index (κ3) is 2.17. The second kappa shape index (κ2) is 4.47. The standard InChI is InChI=1S/C10H13N5O3/c1-14-5-4-6(10(14)16)12-8-3-2-7(15(17)18)9(11)13-8/h2-3,6H,4-5H2,1H3,(H3,11,12,13). The van der Waals surface area contributed by atoms with Crippen molar-refractivity contribution in [3.05, 3.63) is 22.2 Å². The van der Waals surface area contributed by atoms with Crippen molar-refractivity contribution in [2.24, 2.45) is 0 Å². The van der Waals surface area contributed by atoms with Gasteiger partial charge in [-0.2, -0.15) is 0 Å². The molecule has 2 heterocycles. The van der Waals surface area contributed by atoms with E-state index in [0.717, 1.165) is 0 Å². The molecule has 0 saturated carbocycles. The summed E-state index contributed by atoms with van der Waals surface area (Å²) in [6.07, 6.45) is 0.675. The third-order valence-corrected chi connectivity index (χ3v) is 2.85. The van der Waals surface area contributed by atoms with Gasteiger partial charge >= 0.3 is 5.69 Å². The first-order chi connectivity index (χ1) is 8.49. The van der Waals surface area contributed by atoms with E-state index >= 15 is 0 Å². The highest BCUT2D eigenvalue weighted by molar-refractivity contribution is 5.86. The first-order valence-electron chi connectivity index (χ1n) is 5.41. The SMILES string of the molecule is CN1CCC(Nc2ccc([N+](=O)[O-])c(N)n2)C1=O. The fraction of sp³-hybridized carbons (Fsp3) is 0.400. The normalized spacial score (nSPS) is 19.1. The van der Waals surface area contributed by atoms with Crippen LogP contribution in [-0.2, 0) is 4.79 Å². The summed E-state index contributed by atoms with van der Waals surface area (Å²) in [7, 11) is 1.72. The predicted octanol–water partition coefficient (Wildman–Crippen LogP) is 0.215. The van der Waals surface area contributed by atoms with Crippen LogP contribution in [0.25, 0.3) is 0 Å². The third-order valence-electron chi connectivity index (χ3n) is 2.85. The Morgan fingerprint density at radius 1 is 1.61 bits per heavy atom. The van der Waals surface area contributed by atoms with Gasteiger partial charge in [0, 0.05) is 19.7 Å². The van der Waals surface area contributed by atoms with E-state index in [-0.39, 0.29) is 23.5 Å². The lowest BCUT2D eigenvalue weighted by Crippen LogP contribution is -2.31. The first kappa shape index (κ1) is 12.1. The van der Waals surface area contributed by atoms with Crippen molar-refractivity contribution in [2.75, 3.05) is 24.6 Å². The van der Waals surface area contributed by atoms with Crippen LogP contribution in [0.5, 0.6) is 0 Å². The number of hydrogen-bond donors (Lipinski definition) is 2. The molecule has 0 aliphatic carbocycles. The maximum Gasteiger partial charge on any atom is 0.311 e. The number of hydrogen-bond acceptors (Lipinski definition) is 6. The van der Waals surface area contributed by atoms with Gasteiger partial charge in [-0.15, -0.1) is 0 Å². The van der Waals surface area contributed by atoms with Crippen LogP contribution in [0, 0.1) is 10.1 Å². The van der Waals surface area contributed by atoms with E-state index in [9.17, 15) is 14.9 Å². The molecule has 3 N–H and O–H groups in total. The molecule has 0 bridgehead atoms. The molecular weight excluding hydrogens is 238 g/mol. The summed E-state index contributed by atoms with van der Waals surface area (Å²) in [6, 6.07) is 2.37. The van der Waals surface area contributed by atoms with Crippen LogP contribution in [-0.4, -0.2) is 40.3 Å². The van der Waals surface area contributed by atoms with Gasteiger partial charge in [-0.1, -0.05) is 0 Å². The van der Waals surface area contributed by atoms with Gasteiger partial charge in [-0.05, 0) is 12.5 Å². The topological polar surface area (TPSA) is 114 Å². The molecule has 1 amide bonds. The van der Waals surface area contributed by atoms with Gasteiger partial charge in [0.05, 0.1) is 4.92 Å². The van der Waals surface area contributed by atoms with E-state index < -0.39 is 4.92 Å². The molecule has 1 atom stereocenters. The van der Waals surface area contributed by atoms with Gasteiger partial charge < -0.3 is 16.0 Å². The summed E-state index contributed by atoms with van der Waals surface area (Å²) >= 11 is 0. The number of pyridine rings is 1. The number of amides is 1. The second-order valence-electron chi connectivity index (χ2n) is 4.10. The molecular formula is C10H13N5O3. The van der Waals surface area contributed by atoms with Crippen LogP contribution in [0.15, 0.2) is 12.1 Å². The van der Waals surface area contributed by atoms with Crippen molar-refractivity contribution in [2.45, 2.75) is 12.5 Å². The Morgan fingerprint density at radius 3 is 2.83 bits per heavy atom. The number of rotatable bonds is 3. The number of nitro groups is 1. The molecule has 1 saturated heterocycles. The maximum atomic E-state index is 11.7. The van der Waals surface area contributed by atoms with Gasteiger partial charge in [0.25, 0.3) is 0 Å². The highest BCUT2D eigenvalue weighted by Gasteiger charge is 2.29. The summed E-state index contributed by atoms with van der Waals surface area (Å²) in [4.78, 5) is 27.1. The lowest BCUT2D eigenvalue weighted by atomic mass is 10.2. The van der Waals surface area contributed by atoms with E-state index in [2.05, 4.69) is 10.3 Å². The number of nitrogen functional groups attached to an aromatic ring is 1. The summed E-state index contributed by atoms with van der Waals surface area (Å²) in [6.45, 7) is 0.680. The molecule has 1 fully saturated rings. The Balaban J connectivity index is 2.14. The lowest BCUT2D eigenvalue weighted by molar-refractivity contribution is -0.384. The maximum absolute atomic E-state index is 11.7. The van der Waals surface area contributed by atoms with Gasteiger partial charge in [-0.25, -0.2) is 4.98 Å². The largest absolute Gasteiger partial charge is 0.378 e. The van der Waals surface area contributed by atoms with E-state index in [1.165, 1.54) is 12.1 Å². The summed E-state index contributed by atoms with van der Waals surface area (Å²) in [5.41, 5.74) is 5.23. The summed E-state index contributed by atoms with van der Waals surface area (Å²) in [5, 5.41) is 13.5. The molecule has 1 aliphatic rings. The monoisotopic (exact) mass is 251 g/mol. The highest BCUT2D eigenvalue weighted by Crippen LogP contribution is 2.22. The Hall–Kier alpha value is -2.38. The molecule has 1 aromatic heterocycles. The molecule has 18 heavy (non-hydrogen) atoms. The smallest absolute Gasteiger partial charge is 0.311 e. The number of nitrogens with zero attached hydrogens (tertiary/aromatic N) is 3. The molecule has 8 nitrogen and oxygen atoms in total. The molecule has 1 aliphatic heterocycles. The average Bonchev–Trinajstić information content (AvgIpc) is 2.61. The van der Waals surface area contributed by atoms with Gasteiger partial charge in [-0.3, -0.25) is 14.9 Å². The molecule has 1 unspecified atom stereocenters. The lowest BCUT2D eigenvalue weighted by Gasteiger charge is -2.12. The van der Waals surface area contributed by atoms with Crippen molar-refractivity contribution < 1.29 is 9.72 Å². The van der Waals surface area contributed by atoms with E-state index in [0.29, 0.717) is 18.8 Å². The highest BCUT2D eigenvalue weighted by atomic mass is 16.6. The van der Waals surface area contributed by atoms with Crippen LogP contribution < -0.4 is 11.1 Å².